The second-order valence-corrected chi connectivity index (χ2v) is 8.73. The molecule has 1 fully saturated rings. The van der Waals surface area contributed by atoms with Gasteiger partial charge in [0.25, 0.3) is 5.91 Å². The van der Waals surface area contributed by atoms with Crippen LogP contribution in [0, 0.1) is 0 Å². The maximum Gasteiger partial charge on any atom is 0.413 e. The van der Waals surface area contributed by atoms with Gasteiger partial charge in [-0.1, -0.05) is 12.2 Å². The Labute approximate surface area is 209 Å². The molecular weight excluding hydrogens is 472 g/mol. The van der Waals surface area contributed by atoms with Crippen molar-refractivity contribution in [2.75, 3.05) is 78.2 Å². The fourth-order valence-electron chi connectivity index (χ4n) is 4.22. The van der Waals surface area contributed by atoms with Crippen LogP contribution in [0.1, 0.15) is 24.0 Å². The summed E-state index contributed by atoms with van der Waals surface area (Å²) in [6.45, 7) is 3.09. The summed E-state index contributed by atoms with van der Waals surface area (Å²) >= 11 is 0. The van der Waals surface area contributed by atoms with Crippen LogP contribution in [0.2, 0.25) is 0 Å². The normalized spacial score (nSPS) is 23.2. The Bertz CT molecular complexity index is 977. The molecule has 0 atom stereocenters. The topological polar surface area (TPSA) is 129 Å². The Hall–Kier alpha value is -3.22. The zero-order valence-electron chi connectivity index (χ0n) is 20.4. The second-order valence-electron chi connectivity index (χ2n) is 8.73. The van der Waals surface area contributed by atoms with Gasteiger partial charge in [0.15, 0.2) is 6.61 Å². The molecule has 4 aliphatic rings. The maximum atomic E-state index is 12.6. The predicted octanol–water partition coefficient (Wildman–Crippen LogP) is 1.61. The van der Waals surface area contributed by atoms with Gasteiger partial charge in [-0.15, -0.1) is 0 Å². The average molecular weight is 505 g/mol. The van der Waals surface area contributed by atoms with Crippen molar-refractivity contribution < 1.29 is 38.1 Å². The van der Waals surface area contributed by atoms with Crippen molar-refractivity contribution in [2.45, 2.75) is 18.4 Å². The number of rotatable bonds is 0. The van der Waals surface area contributed by atoms with E-state index in [2.05, 4.69) is 10.3 Å². The van der Waals surface area contributed by atoms with E-state index in [9.17, 15) is 14.4 Å². The number of likely N-dealkylation sites (N-methyl/N-ethyl adjacent to an activating group) is 1. The highest BCUT2D eigenvalue weighted by Crippen LogP contribution is 2.43. The summed E-state index contributed by atoms with van der Waals surface area (Å²) in [4.78, 5) is 44.5. The molecule has 4 bridgehead atoms. The van der Waals surface area contributed by atoms with Crippen molar-refractivity contribution >= 4 is 30.0 Å². The molecule has 0 aromatic carbocycles. The molecule has 1 saturated heterocycles. The monoisotopic (exact) mass is 504 g/mol. The van der Waals surface area contributed by atoms with Gasteiger partial charge in [0.05, 0.1) is 39.6 Å². The van der Waals surface area contributed by atoms with Crippen LogP contribution in [0.15, 0.2) is 18.3 Å². The molecule has 4 aliphatic heterocycles. The van der Waals surface area contributed by atoms with E-state index >= 15 is 0 Å². The molecule has 3 amide bonds. The first-order chi connectivity index (χ1) is 17.5. The SMILES string of the molecule is CN1CCOCCOCCOC/C=C/c2cnc3c(c2)C2(CCN(CC2)C(=O)OCC1=O)OC(=O)N3. The largest absolute Gasteiger partial charge is 0.439 e. The van der Waals surface area contributed by atoms with Gasteiger partial charge >= 0.3 is 12.2 Å². The van der Waals surface area contributed by atoms with Crippen molar-refractivity contribution in [3.63, 3.8) is 0 Å². The van der Waals surface area contributed by atoms with E-state index in [0.29, 0.717) is 77.9 Å². The minimum Gasteiger partial charge on any atom is -0.439 e. The third-order valence-corrected chi connectivity index (χ3v) is 6.32. The fraction of sp³-hybridized carbons (Fsp3) is 0.583. The van der Waals surface area contributed by atoms with Crippen molar-refractivity contribution in [3.05, 3.63) is 29.5 Å². The number of carbonyl (C=O) groups excluding carboxylic acids is 3. The number of hydrogen-bond donors (Lipinski definition) is 1. The number of hydrogen-bond acceptors (Lipinski definition) is 9. The smallest absolute Gasteiger partial charge is 0.413 e. The molecule has 0 unspecified atom stereocenters. The summed E-state index contributed by atoms with van der Waals surface area (Å²) in [5.74, 6) is 0.128. The highest BCUT2D eigenvalue weighted by atomic mass is 16.6. The van der Waals surface area contributed by atoms with E-state index in [0.717, 1.165) is 11.1 Å². The molecule has 1 aromatic rings. The summed E-state index contributed by atoms with van der Waals surface area (Å²) < 4.78 is 27.5. The Morgan fingerprint density at radius 1 is 0.972 bits per heavy atom. The van der Waals surface area contributed by atoms with Crippen LogP contribution in [-0.2, 0) is 34.1 Å². The molecular formula is C24H32N4O8. The fourth-order valence-corrected chi connectivity index (χ4v) is 4.22. The Balaban J connectivity index is 1.47. The van der Waals surface area contributed by atoms with Gasteiger partial charge in [0.2, 0.25) is 0 Å². The number of carbonyl (C=O) groups is 3. The van der Waals surface area contributed by atoms with Crippen LogP contribution in [0.5, 0.6) is 0 Å². The first-order valence-electron chi connectivity index (χ1n) is 12.0. The number of aromatic nitrogens is 1. The van der Waals surface area contributed by atoms with Crippen molar-refractivity contribution in [3.8, 4) is 0 Å². The number of ether oxygens (including phenoxy) is 5. The lowest BCUT2D eigenvalue weighted by Gasteiger charge is -2.43. The quantitative estimate of drug-likeness (QED) is 0.524. The Kier molecular flexibility index (Phi) is 8.73. The third kappa shape index (κ3) is 6.50. The number of pyridine rings is 1. The molecule has 196 valence electrons. The minimum atomic E-state index is -0.900. The predicted molar refractivity (Wildman–Crippen MR) is 127 cm³/mol. The van der Waals surface area contributed by atoms with Crippen LogP contribution in [0.3, 0.4) is 0 Å². The molecule has 36 heavy (non-hydrogen) atoms. The lowest BCUT2D eigenvalue weighted by atomic mass is 9.83. The van der Waals surface area contributed by atoms with Gasteiger partial charge in [0, 0.05) is 51.3 Å². The lowest BCUT2D eigenvalue weighted by Crippen LogP contribution is -2.50. The first kappa shape index (κ1) is 25.9. The summed E-state index contributed by atoms with van der Waals surface area (Å²) in [7, 11) is 1.63. The van der Waals surface area contributed by atoms with Crippen LogP contribution in [-0.4, -0.2) is 106 Å². The minimum absolute atomic E-state index is 0.305. The summed E-state index contributed by atoms with van der Waals surface area (Å²) in [6, 6.07) is 1.93. The summed E-state index contributed by atoms with van der Waals surface area (Å²) in [6.07, 6.45) is 5.06. The van der Waals surface area contributed by atoms with E-state index in [-0.39, 0.29) is 12.5 Å². The van der Waals surface area contributed by atoms with E-state index in [1.54, 1.807) is 13.2 Å². The number of anilines is 1. The average Bonchev–Trinajstić information content (AvgIpc) is 2.87. The molecule has 5 rings (SSSR count). The molecule has 1 aromatic heterocycles. The number of nitrogens with one attached hydrogen (secondary N) is 1. The molecule has 1 N–H and O–H groups in total. The van der Waals surface area contributed by atoms with E-state index in [1.165, 1.54) is 9.80 Å². The molecule has 0 aliphatic carbocycles. The Morgan fingerprint density at radius 3 is 2.47 bits per heavy atom. The standard InChI is InChI=1S/C24H32N4O8/c1-27-8-10-33-12-14-34-13-11-32-9-2-3-18-15-19-21(25-16-18)26-22(30)36-24(19)4-6-28(7-5-24)23(31)35-17-20(27)29/h2-3,15-16H,4-14,17H2,1H3,(H,25,26,30)/b3-2+. The Morgan fingerprint density at radius 2 is 1.69 bits per heavy atom. The van der Waals surface area contributed by atoms with Gasteiger partial charge < -0.3 is 33.5 Å². The maximum absolute atomic E-state index is 12.6. The number of fused-ring (bicyclic) bond motifs is 17. The van der Waals surface area contributed by atoms with Gasteiger partial charge in [-0.05, 0) is 11.6 Å². The number of piperidine rings is 1. The van der Waals surface area contributed by atoms with Gasteiger partial charge in [-0.25, -0.2) is 14.6 Å². The van der Waals surface area contributed by atoms with E-state index in [1.807, 2.05) is 18.2 Å². The van der Waals surface area contributed by atoms with E-state index < -0.39 is 17.8 Å². The van der Waals surface area contributed by atoms with Gasteiger partial charge in [0.1, 0.15) is 11.4 Å². The zero-order valence-corrected chi connectivity index (χ0v) is 20.4. The summed E-state index contributed by atoms with van der Waals surface area (Å²) in [5, 5.41) is 2.66. The highest BCUT2D eigenvalue weighted by molar-refractivity contribution is 5.87. The molecule has 12 heteroatoms. The number of amides is 3. The third-order valence-electron chi connectivity index (χ3n) is 6.32. The van der Waals surface area contributed by atoms with Gasteiger partial charge in [-0.2, -0.15) is 0 Å². The molecule has 0 radical (unpaired) electrons. The van der Waals surface area contributed by atoms with Crippen molar-refractivity contribution in [1.29, 1.82) is 0 Å². The van der Waals surface area contributed by atoms with Crippen LogP contribution >= 0.6 is 0 Å². The van der Waals surface area contributed by atoms with Crippen molar-refractivity contribution in [1.82, 2.24) is 14.8 Å². The van der Waals surface area contributed by atoms with Crippen molar-refractivity contribution in [2.24, 2.45) is 0 Å². The van der Waals surface area contributed by atoms with Crippen LogP contribution in [0.25, 0.3) is 6.08 Å². The second kappa shape index (κ2) is 12.2. The number of nitrogens with zero attached hydrogens (tertiary/aromatic N) is 3. The molecule has 1 spiro atoms. The van der Waals surface area contributed by atoms with Gasteiger partial charge in [-0.3, -0.25) is 10.1 Å². The molecule has 12 nitrogen and oxygen atoms in total. The zero-order chi connectivity index (χ0) is 25.4. The lowest BCUT2D eigenvalue weighted by molar-refractivity contribution is -0.134. The van der Waals surface area contributed by atoms with Crippen LogP contribution in [0.4, 0.5) is 15.4 Å². The van der Waals surface area contributed by atoms with E-state index in [4.69, 9.17) is 23.7 Å². The molecule has 5 heterocycles. The first-order valence-corrected chi connectivity index (χ1v) is 12.0. The van der Waals surface area contributed by atoms with Crippen LogP contribution < -0.4 is 5.32 Å². The highest BCUT2D eigenvalue weighted by Gasteiger charge is 2.46. The summed E-state index contributed by atoms with van der Waals surface area (Å²) in [5.41, 5.74) is 0.701. The molecule has 0 saturated carbocycles.